The van der Waals surface area contributed by atoms with Gasteiger partial charge in [-0.05, 0) is 55.4 Å². The summed E-state index contributed by atoms with van der Waals surface area (Å²) in [5, 5.41) is 28.7. The summed E-state index contributed by atoms with van der Waals surface area (Å²) in [4.78, 5) is 2.61. The molecular formula is C24H32O3S. The molecule has 0 spiro atoms. The van der Waals surface area contributed by atoms with Crippen molar-refractivity contribution >= 4 is 16.9 Å². The first-order valence-electron chi connectivity index (χ1n) is 10.1. The number of hydrogen-bond acceptors (Lipinski definition) is 4. The highest BCUT2D eigenvalue weighted by Gasteiger charge is 2.16. The van der Waals surface area contributed by atoms with Gasteiger partial charge in [0.25, 0.3) is 0 Å². The highest BCUT2D eigenvalue weighted by atomic mass is 32.1. The normalized spacial score (nSPS) is 13.0. The van der Waals surface area contributed by atoms with E-state index in [1.165, 1.54) is 20.9 Å². The van der Waals surface area contributed by atoms with Crippen molar-refractivity contribution < 1.29 is 15.3 Å². The molecule has 1 heterocycles. The molecule has 3 nitrogen and oxygen atoms in total. The minimum absolute atomic E-state index is 0.519. The molecule has 3 N–H and O–H groups in total. The Morgan fingerprint density at radius 3 is 2.25 bits per heavy atom. The number of aliphatic hydroxyl groups is 3. The van der Waals surface area contributed by atoms with E-state index < -0.39 is 11.9 Å². The second-order valence-electron chi connectivity index (χ2n) is 7.10. The molecule has 0 aliphatic rings. The Morgan fingerprint density at radius 2 is 1.68 bits per heavy atom. The van der Waals surface area contributed by atoms with Crippen molar-refractivity contribution in [3.63, 3.8) is 0 Å². The van der Waals surface area contributed by atoms with Crippen LogP contribution in [0.15, 0.2) is 54.6 Å². The van der Waals surface area contributed by atoms with Crippen molar-refractivity contribution in [3.8, 4) is 0 Å². The molecular weight excluding hydrogens is 368 g/mol. The third kappa shape index (κ3) is 6.42. The van der Waals surface area contributed by atoms with Gasteiger partial charge in [-0.25, -0.2) is 0 Å². The molecule has 2 aromatic rings. The number of allylic oxidation sites excluding steroid dienone is 3. The first-order chi connectivity index (χ1) is 13.4. The van der Waals surface area contributed by atoms with Crippen molar-refractivity contribution in [1.82, 2.24) is 0 Å². The smallest absolute Gasteiger partial charge is 0.178 e. The third-order valence-electron chi connectivity index (χ3n) is 5.23. The van der Waals surface area contributed by atoms with Gasteiger partial charge >= 0.3 is 0 Å². The van der Waals surface area contributed by atoms with Gasteiger partial charge < -0.3 is 15.3 Å². The monoisotopic (exact) mass is 400 g/mol. The first kappa shape index (κ1) is 22.6. The van der Waals surface area contributed by atoms with Gasteiger partial charge in [0.05, 0.1) is 5.60 Å². The Morgan fingerprint density at radius 1 is 1.00 bits per heavy atom. The lowest BCUT2D eigenvalue weighted by atomic mass is 9.97. The number of hydrogen-bond donors (Lipinski definition) is 3. The summed E-state index contributed by atoms with van der Waals surface area (Å²) in [5.41, 5.74) is 2.28. The van der Waals surface area contributed by atoms with Gasteiger partial charge in [-0.15, -0.1) is 11.3 Å². The van der Waals surface area contributed by atoms with Crippen molar-refractivity contribution in [3.05, 3.63) is 75.5 Å². The van der Waals surface area contributed by atoms with Gasteiger partial charge in [-0.3, -0.25) is 0 Å². The van der Waals surface area contributed by atoms with Crippen molar-refractivity contribution in [2.24, 2.45) is 0 Å². The molecule has 0 fully saturated rings. The van der Waals surface area contributed by atoms with E-state index in [-0.39, 0.29) is 0 Å². The molecule has 152 valence electrons. The maximum atomic E-state index is 10.4. The van der Waals surface area contributed by atoms with Crippen LogP contribution >= 0.6 is 11.3 Å². The van der Waals surface area contributed by atoms with E-state index in [0.717, 1.165) is 32.1 Å². The summed E-state index contributed by atoms with van der Waals surface area (Å²) >= 11 is 1.82. The van der Waals surface area contributed by atoms with Crippen molar-refractivity contribution in [2.45, 2.75) is 64.8 Å². The molecule has 0 radical (unpaired) electrons. The predicted molar refractivity (Wildman–Crippen MR) is 118 cm³/mol. The maximum absolute atomic E-state index is 10.4. The molecule has 1 aromatic carbocycles. The summed E-state index contributed by atoms with van der Waals surface area (Å²) in [7, 11) is 0. The van der Waals surface area contributed by atoms with Gasteiger partial charge in [-0.1, -0.05) is 63.3 Å². The summed E-state index contributed by atoms with van der Waals surface area (Å²) in [5.74, 6) is 0. The first-order valence-corrected chi connectivity index (χ1v) is 10.9. The largest absolute Gasteiger partial charge is 0.386 e. The Balaban J connectivity index is 2.01. The lowest BCUT2D eigenvalue weighted by Crippen LogP contribution is -2.22. The standard InChI is InChI=1S/C24H32O3S/c1-4-19(8-7-17-24(27,5-2)6-3)22-16-15-21(28-22)14-11-18-9-12-20(13-10-18)23(25)26/h7-10,12-13,15-17,23,25-27H,4-6,11,14H2,1-3H3. The molecule has 0 bridgehead atoms. The molecule has 0 saturated carbocycles. The molecule has 2 rings (SSSR count). The van der Waals surface area contributed by atoms with E-state index in [0.29, 0.717) is 5.56 Å². The van der Waals surface area contributed by atoms with Gasteiger partial charge in [-0.2, -0.15) is 0 Å². The second kappa shape index (κ2) is 10.7. The van der Waals surface area contributed by atoms with Crippen LogP contribution in [0.25, 0.3) is 5.57 Å². The van der Waals surface area contributed by atoms with Crippen LogP contribution in [0.2, 0.25) is 0 Å². The minimum Gasteiger partial charge on any atom is -0.386 e. The molecule has 0 atom stereocenters. The number of aliphatic hydroxyl groups excluding tert-OH is 1. The predicted octanol–water partition coefficient (Wildman–Crippen LogP) is 5.42. The number of aryl methyl sites for hydroxylation is 2. The van der Waals surface area contributed by atoms with E-state index in [1.54, 1.807) is 12.1 Å². The summed E-state index contributed by atoms with van der Waals surface area (Å²) in [6.07, 6.45) is 8.88. The average molecular weight is 401 g/mol. The molecule has 0 aliphatic heterocycles. The van der Waals surface area contributed by atoms with E-state index in [1.807, 2.05) is 49.5 Å². The van der Waals surface area contributed by atoms with Gasteiger partial charge in [0, 0.05) is 15.3 Å². The summed E-state index contributed by atoms with van der Waals surface area (Å²) in [6.45, 7) is 6.16. The zero-order chi connectivity index (χ0) is 20.6. The van der Waals surface area contributed by atoms with Crippen LogP contribution in [0, 0.1) is 0 Å². The SMILES string of the molecule is CCC(=CC=CC(O)(CC)CC)c1ccc(CCc2ccc(C(O)O)cc2)s1. The summed E-state index contributed by atoms with van der Waals surface area (Å²) < 4.78 is 0. The topological polar surface area (TPSA) is 60.7 Å². The quantitative estimate of drug-likeness (QED) is 0.369. The molecule has 0 saturated heterocycles. The van der Waals surface area contributed by atoms with Crippen molar-refractivity contribution in [1.29, 1.82) is 0 Å². The lowest BCUT2D eigenvalue weighted by molar-refractivity contribution is -0.0424. The fraction of sp³-hybridized carbons (Fsp3) is 0.417. The van der Waals surface area contributed by atoms with E-state index in [2.05, 4.69) is 25.1 Å². The van der Waals surface area contributed by atoms with Gasteiger partial charge in [0.2, 0.25) is 0 Å². The van der Waals surface area contributed by atoms with Gasteiger partial charge in [0.15, 0.2) is 6.29 Å². The highest BCUT2D eigenvalue weighted by Crippen LogP contribution is 2.28. The number of thiophene rings is 1. The molecule has 0 aliphatic carbocycles. The van der Waals surface area contributed by atoms with Crippen LogP contribution in [0.3, 0.4) is 0 Å². The van der Waals surface area contributed by atoms with Gasteiger partial charge in [0.1, 0.15) is 0 Å². The summed E-state index contributed by atoms with van der Waals surface area (Å²) in [6, 6.07) is 11.8. The van der Waals surface area contributed by atoms with E-state index >= 15 is 0 Å². The minimum atomic E-state index is -1.41. The Kier molecular flexibility index (Phi) is 8.64. The number of benzene rings is 1. The fourth-order valence-corrected chi connectivity index (χ4v) is 4.11. The molecule has 0 unspecified atom stereocenters. The second-order valence-corrected chi connectivity index (χ2v) is 8.26. The zero-order valence-electron chi connectivity index (χ0n) is 17.1. The van der Waals surface area contributed by atoms with Crippen molar-refractivity contribution in [2.75, 3.05) is 0 Å². The Labute approximate surface area is 172 Å². The van der Waals surface area contributed by atoms with Crippen LogP contribution in [-0.2, 0) is 12.8 Å². The molecule has 1 aromatic heterocycles. The molecule has 28 heavy (non-hydrogen) atoms. The number of rotatable bonds is 10. The van der Waals surface area contributed by atoms with Crippen LogP contribution in [0.1, 0.15) is 67.2 Å². The van der Waals surface area contributed by atoms with Crippen LogP contribution < -0.4 is 0 Å². The van der Waals surface area contributed by atoms with Crippen LogP contribution in [-0.4, -0.2) is 20.9 Å². The molecule has 4 heteroatoms. The van der Waals surface area contributed by atoms with Crippen LogP contribution in [0.4, 0.5) is 0 Å². The van der Waals surface area contributed by atoms with E-state index in [4.69, 9.17) is 10.2 Å². The zero-order valence-corrected chi connectivity index (χ0v) is 17.9. The van der Waals surface area contributed by atoms with Crippen LogP contribution in [0.5, 0.6) is 0 Å². The molecule has 0 amide bonds. The highest BCUT2D eigenvalue weighted by molar-refractivity contribution is 7.13. The third-order valence-corrected chi connectivity index (χ3v) is 6.45. The maximum Gasteiger partial charge on any atom is 0.178 e. The van der Waals surface area contributed by atoms with E-state index in [9.17, 15) is 5.11 Å². The Bertz CT molecular complexity index is 780. The lowest BCUT2D eigenvalue weighted by Gasteiger charge is -2.19. The fourth-order valence-electron chi connectivity index (χ4n) is 3.01. The average Bonchev–Trinajstić information content (AvgIpc) is 3.18. The Hall–Kier alpha value is -1.72.